The van der Waals surface area contributed by atoms with Gasteiger partial charge in [-0.3, -0.25) is 14.4 Å². The maximum absolute atomic E-state index is 14.1. The Morgan fingerprint density at radius 1 is 1.13 bits per heavy atom. The van der Waals surface area contributed by atoms with Crippen molar-refractivity contribution in [1.82, 2.24) is 10.2 Å². The van der Waals surface area contributed by atoms with Gasteiger partial charge in [-0.25, -0.2) is 0 Å². The number of hydrogen-bond donors (Lipinski definition) is 2. The highest BCUT2D eigenvalue weighted by molar-refractivity contribution is 6.31. The molecule has 8 heteroatoms. The van der Waals surface area contributed by atoms with Crippen LogP contribution in [0.5, 0.6) is 0 Å². The fraction of sp³-hybridized carbons (Fsp3) is 0.581. The summed E-state index contributed by atoms with van der Waals surface area (Å²) in [4.78, 5) is 43.4. The number of aryl methyl sites for hydroxylation is 1. The summed E-state index contributed by atoms with van der Waals surface area (Å²) < 4.78 is 6.48. The molecule has 2 bridgehead atoms. The van der Waals surface area contributed by atoms with Crippen LogP contribution in [0.1, 0.15) is 69.8 Å². The maximum Gasteiger partial charge on any atom is 0.246 e. The summed E-state index contributed by atoms with van der Waals surface area (Å²) >= 11 is 6.29. The Labute approximate surface area is 235 Å². The molecule has 39 heavy (non-hydrogen) atoms. The summed E-state index contributed by atoms with van der Waals surface area (Å²) in [6.07, 6.45) is 16.0. The Hall–Kier alpha value is -2.64. The van der Waals surface area contributed by atoms with Crippen LogP contribution in [0.4, 0.5) is 5.69 Å². The van der Waals surface area contributed by atoms with Crippen molar-refractivity contribution in [2.45, 2.75) is 94.9 Å². The Balaban J connectivity index is 1.28. The van der Waals surface area contributed by atoms with E-state index in [4.69, 9.17) is 16.3 Å². The van der Waals surface area contributed by atoms with Gasteiger partial charge in [0.2, 0.25) is 17.7 Å². The number of ether oxygens (including phenoxy) is 1. The number of hydrogen-bond acceptors (Lipinski definition) is 4. The SMILES string of the molecule is Cc1ccc(NC(=O)C2[C@@H]3C=CC4(O3)C(C(=O)NC3CCCCC3)N(CCC3=CCCCC3)C(=O)[C@H]24)cc1Cl. The number of likely N-dealkylation sites (tertiary alicyclic amines) is 1. The first kappa shape index (κ1) is 26.6. The van der Waals surface area contributed by atoms with E-state index < -0.39 is 29.6 Å². The van der Waals surface area contributed by atoms with E-state index >= 15 is 0 Å². The van der Waals surface area contributed by atoms with Crippen LogP contribution in [0, 0.1) is 18.8 Å². The lowest BCUT2D eigenvalue weighted by Gasteiger charge is -2.34. The molecule has 1 saturated carbocycles. The Morgan fingerprint density at radius 2 is 1.95 bits per heavy atom. The maximum atomic E-state index is 14.1. The Bertz CT molecular complexity index is 1220. The number of amides is 3. The van der Waals surface area contributed by atoms with Crippen LogP contribution < -0.4 is 10.6 Å². The van der Waals surface area contributed by atoms with E-state index in [0.717, 1.165) is 56.9 Å². The van der Waals surface area contributed by atoms with Crippen LogP contribution in [0.2, 0.25) is 5.02 Å². The fourth-order valence-corrected chi connectivity index (χ4v) is 7.51. The first-order chi connectivity index (χ1) is 18.9. The van der Waals surface area contributed by atoms with Crippen LogP contribution in [0.3, 0.4) is 0 Å². The molecule has 7 nitrogen and oxygen atoms in total. The van der Waals surface area contributed by atoms with Gasteiger partial charge < -0.3 is 20.3 Å². The molecular formula is C31H38ClN3O4. The first-order valence-corrected chi connectivity index (χ1v) is 15.0. The van der Waals surface area contributed by atoms with Gasteiger partial charge >= 0.3 is 0 Å². The Morgan fingerprint density at radius 3 is 2.69 bits per heavy atom. The second kappa shape index (κ2) is 10.7. The van der Waals surface area contributed by atoms with Gasteiger partial charge in [-0.05, 0) is 69.6 Å². The number of benzene rings is 1. The van der Waals surface area contributed by atoms with E-state index in [0.29, 0.717) is 17.3 Å². The number of carbonyl (C=O) groups excluding carboxylic acids is 3. The number of halogens is 1. The largest absolute Gasteiger partial charge is 0.359 e. The van der Waals surface area contributed by atoms with Crippen LogP contribution in [-0.4, -0.2) is 53.0 Å². The van der Waals surface area contributed by atoms with E-state index in [9.17, 15) is 14.4 Å². The molecule has 3 fully saturated rings. The number of carbonyl (C=O) groups is 3. The van der Waals surface area contributed by atoms with E-state index in [1.807, 2.05) is 25.1 Å². The van der Waals surface area contributed by atoms with Crippen molar-refractivity contribution < 1.29 is 19.1 Å². The zero-order valence-corrected chi connectivity index (χ0v) is 23.3. The molecule has 5 atom stereocenters. The number of fused-ring (bicyclic) bond motifs is 1. The quantitative estimate of drug-likeness (QED) is 0.463. The van der Waals surface area contributed by atoms with Gasteiger partial charge in [0.1, 0.15) is 11.6 Å². The highest BCUT2D eigenvalue weighted by Gasteiger charge is 2.72. The van der Waals surface area contributed by atoms with Crippen LogP contribution >= 0.6 is 11.6 Å². The van der Waals surface area contributed by atoms with Gasteiger partial charge in [-0.2, -0.15) is 0 Å². The molecule has 3 unspecified atom stereocenters. The van der Waals surface area contributed by atoms with E-state index in [2.05, 4.69) is 16.7 Å². The van der Waals surface area contributed by atoms with Gasteiger partial charge in [0.05, 0.1) is 17.9 Å². The molecule has 2 saturated heterocycles. The number of allylic oxidation sites excluding steroid dienone is 1. The van der Waals surface area contributed by atoms with Crippen molar-refractivity contribution in [1.29, 1.82) is 0 Å². The van der Waals surface area contributed by atoms with Crippen LogP contribution in [-0.2, 0) is 19.1 Å². The monoisotopic (exact) mass is 551 g/mol. The molecule has 3 amide bonds. The van der Waals surface area contributed by atoms with Crippen molar-refractivity contribution in [3.05, 3.63) is 52.6 Å². The van der Waals surface area contributed by atoms with Crippen LogP contribution in [0.25, 0.3) is 0 Å². The third kappa shape index (κ3) is 4.82. The van der Waals surface area contributed by atoms with Crippen molar-refractivity contribution in [2.24, 2.45) is 11.8 Å². The number of anilines is 1. The molecule has 1 aromatic carbocycles. The van der Waals surface area contributed by atoms with Gasteiger partial charge in [0.15, 0.2) is 0 Å². The van der Waals surface area contributed by atoms with Crippen LogP contribution in [0.15, 0.2) is 42.0 Å². The van der Waals surface area contributed by atoms with Crippen molar-refractivity contribution in [2.75, 3.05) is 11.9 Å². The molecule has 208 valence electrons. The smallest absolute Gasteiger partial charge is 0.246 e. The molecule has 3 heterocycles. The zero-order chi connectivity index (χ0) is 27.1. The molecule has 2 aliphatic carbocycles. The van der Waals surface area contributed by atoms with E-state index in [1.54, 1.807) is 17.0 Å². The summed E-state index contributed by atoms with van der Waals surface area (Å²) in [5.41, 5.74) is 1.71. The highest BCUT2D eigenvalue weighted by Crippen LogP contribution is 2.55. The van der Waals surface area contributed by atoms with E-state index in [1.165, 1.54) is 18.4 Å². The van der Waals surface area contributed by atoms with Gasteiger partial charge in [0, 0.05) is 23.3 Å². The number of rotatable bonds is 7. The predicted molar refractivity (Wildman–Crippen MR) is 150 cm³/mol. The summed E-state index contributed by atoms with van der Waals surface area (Å²) in [6, 6.07) is 4.71. The summed E-state index contributed by atoms with van der Waals surface area (Å²) in [5, 5.41) is 6.78. The normalized spacial score (nSPS) is 31.8. The summed E-state index contributed by atoms with van der Waals surface area (Å²) in [7, 11) is 0. The van der Waals surface area contributed by atoms with Gasteiger partial charge in [-0.15, -0.1) is 0 Å². The average Bonchev–Trinajstić information content (AvgIpc) is 3.58. The van der Waals surface area contributed by atoms with Crippen molar-refractivity contribution in [3.8, 4) is 0 Å². The second-order valence-electron chi connectivity index (χ2n) is 11.9. The molecule has 2 N–H and O–H groups in total. The first-order valence-electron chi connectivity index (χ1n) is 14.6. The van der Waals surface area contributed by atoms with E-state index in [-0.39, 0.29) is 23.8 Å². The average molecular weight is 552 g/mol. The molecule has 6 rings (SSSR count). The molecule has 5 aliphatic rings. The molecule has 0 aromatic heterocycles. The minimum absolute atomic E-state index is 0.118. The minimum Gasteiger partial charge on any atom is -0.359 e. The zero-order valence-electron chi connectivity index (χ0n) is 22.6. The molecular weight excluding hydrogens is 514 g/mol. The lowest BCUT2D eigenvalue weighted by atomic mass is 9.74. The molecule has 3 aliphatic heterocycles. The molecule has 1 spiro atoms. The van der Waals surface area contributed by atoms with Gasteiger partial charge in [-0.1, -0.05) is 60.7 Å². The lowest BCUT2D eigenvalue weighted by Crippen LogP contribution is -2.56. The predicted octanol–water partition coefficient (Wildman–Crippen LogP) is 5.08. The van der Waals surface area contributed by atoms with Crippen molar-refractivity contribution >= 4 is 35.0 Å². The third-order valence-corrected chi connectivity index (χ3v) is 9.78. The van der Waals surface area contributed by atoms with Crippen molar-refractivity contribution in [3.63, 3.8) is 0 Å². The third-order valence-electron chi connectivity index (χ3n) is 9.37. The fourth-order valence-electron chi connectivity index (χ4n) is 7.33. The highest BCUT2D eigenvalue weighted by atomic mass is 35.5. The minimum atomic E-state index is -1.13. The lowest BCUT2D eigenvalue weighted by molar-refractivity contribution is -0.141. The summed E-state index contributed by atoms with van der Waals surface area (Å²) in [6.45, 7) is 2.36. The molecule has 0 radical (unpaired) electrons. The topological polar surface area (TPSA) is 87.7 Å². The molecule has 1 aromatic rings. The summed E-state index contributed by atoms with van der Waals surface area (Å²) in [5.74, 6) is -2.06. The van der Waals surface area contributed by atoms with Gasteiger partial charge in [0.25, 0.3) is 0 Å². The Kier molecular flexibility index (Phi) is 7.32. The standard InChI is InChI=1S/C31H38ClN3O4/c1-19-12-13-22(18-23(19)32)34-28(36)25-24-14-16-31(39-24)26(25)30(38)35(17-15-20-8-4-2-5-9-20)27(31)29(37)33-21-10-6-3-7-11-21/h8,12-14,16,18,21,24-27H,2-7,9-11,15,17H2,1H3,(H,33,37)(H,34,36)/t24-,25?,26-,27?,31?/m0/s1. The number of nitrogens with zero attached hydrogens (tertiary/aromatic N) is 1. The second-order valence-corrected chi connectivity index (χ2v) is 12.3. The number of nitrogens with one attached hydrogen (secondary N) is 2.